The van der Waals surface area contributed by atoms with Crippen LogP contribution in [0.5, 0.6) is 5.88 Å². The monoisotopic (exact) mass is 289 g/mol. The van der Waals surface area contributed by atoms with E-state index in [1.54, 1.807) is 6.20 Å². The van der Waals surface area contributed by atoms with Gasteiger partial charge in [0.05, 0.1) is 6.61 Å². The molecule has 0 amide bonds. The van der Waals surface area contributed by atoms with E-state index in [0.717, 1.165) is 37.1 Å². The zero-order chi connectivity index (χ0) is 14.5. The van der Waals surface area contributed by atoms with Crippen molar-refractivity contribution in [2.45, 2.75) is 51.4 Å². The Hall–Kier alpha value is -1.16. The minimum atomic E-state index is 0.520. The van der Waals surface area contributed by atoms with Gasteiger partial charge in [-0.05, 0) is 38.3 Å². The summed E-state index contributed by atoms with van der Waals surface area (Å²) in [7, 11) is 0. The third-order valence-corrected chi connectivity index (χ3v) is 4.94. The summed E-state index contributed by atoms with van der Waals surface area (Å²) in [6, 6.07) is 0. The summed E-state index contributed by atoms with van der Waals surface area (Å²) in [5.41, 5.74) is 1.10. The zero-order valence-corrected chi connectivity index (χ0v) is 13.1. The van der Waals surface area contributed by atoms with Gasteiger partial charge in [0.2, 0.25) is 5.88 Å². The molecule has 3 aliphatic rings. The summed E-state index contributed by atoms with van der Waals surface area (Å²) in [6.45, 7) is 6.65. The van der Waals surface area contributed by atoms with Crippen LogP contribution in [0.4, 0.5) is 0 Å². The van der Waals surface area contributed by atoms with E-state index in [1.165, 1.54) is 45.2 Å². The summed E-state index contributed by atoms with van der Waals surface area (Å²) in [5, 5.41) is 0. The standard InChI is InChI=1S/C17H27N3O/c1-2-3-4-5-12-21-17-16(18-8-9-19-17)15-13-20-10-6-14(15)7-11-20/h8-9,14-15H,2-7,10-13H2,1H3/t15-/m1/s1. The fourth-order valence-electron chi connectivity index (χ4n) is 3.67. The predicted octanol–water partition coefficient (Wildman–Crippen LogP) is 3.24. The predicted molar refractivity (Wildman–Crippen MR) is 83.6 cm³/mol. The smallest absolute Gasteiger partial charge is 0.235 e. The number of hydrogen-bond acceptors (Lipinski definition) is 4. The fourth-order valence-corrected chi connectivity index (χ4v) is 3.67. The van der Waals surface area contributed by atoms with Crippen molar-refractivity contribution in [3.63, 3.8) is 0 Å². The summed E-state index contributed by atoms with van der Waals surface area (Å²) >= 11 is 0. The lowest BCUT2D eigenvalue weighted by Gasteiger charge is -2.44. The second-order valence-corrected chi connectivity index (χ2v) is 6.40. The Bertz CT molecular complexity index is 443. The molecule has 0 aliphatic carbocycles. The second kappa shape index (κ2) is 7.21. The maximum Gasteiger partial charge on any atom is 0.235 e. The minimum absolute atomic E-state index is 0.520. The van der Waals surface area contributed by atoms with Crippen LogP contribution in [0, 0.1) is 5.92 Å². The van der Waals surface area contributed by atoms with Crippen LogP contribution in [0.1, 0.15) is 57.1 Å². The molecule has 1 aromatic heterocycles. The summed E-state index contributed by atoms with van der Waals surface area (Å²) in [5.74, 6) is 2.08. The van der Waals surface area contributed by atoms with Crippen molar-refractivity contribution in [3.05, 3.63) is 18.1 Å². The molecular formula is C17H27N3O. The van der Waals surface area contributed by atoms with Crippen LogP contribution in [0.15, 0.2) is 12.4 Å². The minimum Gasteiger partial charge on any atom is -0.476 e. The molecular weight excluding hydrogens is 262 g/mol. The topological polar surface area (TPSA) is 38.3 Å². The maximum atomic E-state index is 5.95. The van der Waals surface area contributed by atoms with Crippen molar-refractivity contribution in [3.8, 4) is 5.88 Å². The quantitative estimate of drug-likeness (QED) is 0.722. The molecule has 0 unspecified atom stereocenters. The first kappa shape index (κ1) is 14.8. The molecule has 3 saturated heterocycles. The zero-order valence-electron chi connectivity index (χ0n) is 13.1. The molecule has 4 heteroatoms. The van der Waals surface area contributed by atoms with Gasteiger partial charge in [-0.15, -0.1) is 0 Å². The Morgan fingerprint density at radius 3 is 2.67 bits per heavy atom. The summed E-state index contributed by atoms with van der Waals surface area (Å²) in [6.07, 6.45) is 11.1. The Morgan fingerprint density at radius 2 is 1.95 bits per heavy atom. The Balaban J connectivity index is 1.62. The maximum absolute atomic E-state index is 5.95. The Morgan fingerprint density at radius 1 is 1.14 bits per heavy atom. The van der Waals surface area contributed by atoms with Crippen LogP contribution >= 0.6 is 0 Å². The van der Waals surface area contributed by atoms with E-state index >= 15 is 0 Å². The lowest BCUT2D eigenvalue weighted by molar-refractivity contribution is 0.0833. The highest BCUT2D eigenvalue weighted by Gasteiger charge is 2.37. The molecule has 4 heterocycles. The van der Waals surface area contributed by atoms with Crippen LogP contribution in [0.2, 0.25) is 0 Å². The Kier molecular flexibility index (Phi) is 5.07. The van der Waals surface area contributed by atoms with E-state index in [-0.39, 0.29) is 0 Å². The molecule has 1 aromatic rings. The summed E-state index contributed by atoms with van der Waals surface area (Å²) < 4.78 is 5.95. The molecule has 4 nitrogen and oxygen atoms in total. The molecule has 0 aromatic carbocycles. The van der Waals surface area contributed by atoms with E-state index in [4.69, 9.17) is 4.74 Å². The average Bonchev–Trinajstić information content (AvgIpc) is 2.56. The number of nitrogens with zero attached hydrogens (tertiary/aromatic N) is 3. The van der Waals surface area contributed by atoms with Gasteiger partial charge < -0.3 is 9.64 Å². The van der Waals surface area contributed by atoms with Gasteiger partial charge in [0.1, 0.15) is 5.69 Å². The molecule has 1 atom stereocenters. The number of fused-ring (bicyclic) bond motifs is 3. The van der Waals surface area contributed by atoms with Crippen molar-refractivity contribution >= 4 is 0 Å². The molecule has 3 aliphatic heterocycles. The van der Waals surface area contributed by atoms with E-state index in [9.17, 15) is 0 Å². The average molecular weight is 289 g/mol. The van der Waals surface area contributed by atoms with Crippen LogP contribution in [0.25, 0.3) is 0 Å². The molecule has 3 fully saturated rings. The highest BCUT2D eigenvalue weighted by Crippen LogP contribution is 2.40. The lowest BCUT2D eigenvalue weighted by atomic mass is 9.77. The van der Waals surface area contributed by atoms with Gasteiger partial charge in [-0.2, -0.15) is 0 Å². The lowest BCUT2D eigenvalue weighted by Crippen LogP contribution is -2.46. The van der Waals surface area contributed by atoms with Gasteiger partial charge >= 0.3 is 0 Å². The van der Waals surface area contributed by atoms with Gasteiger partial charge in [0, 0.05) is 24.9 Å². The van der Waals surface area contributed by atoms with Gasteiger partial charge in [-0.1, -0.05) is 26.2 Å². The molecule has 0 radical (unpaired) electrons. The highest BCUT2D eigenvalue weighted by atomic mass is 16.5. The number of piperidine rings is 3. The van der Waals surface area contributed by atoms with Crippen LogP contribution < -0.4 is 4.74 Å². The van der Waals surface area contributed by atoms with Gasteiger partial charge in [-0.3, -0.25) is 4.98 Å². The number of hydrogen-bond donors (Lipinski definition) is 0. The highest BCUT2D eigenvalue weighted by molar-refractivity contribution is 5.24. The normalized spacial score (nSPS) is 27.8. The largest absolute Gasteiger partial charge is 0.476 e. The van der Waals surface area contributed by atoms with Crippen LogP contribution in [0.3, 0.4) is 0 Å². The third-order valence-electron chi connectivity index (χ3n) is 4.94. The first-order valence-electron chi connectivity index (χ1n) is 8.54. The van der Waals surface area contributed by atoms with E-state index in [1.807, 2.05) is 6.20 Å². The SMILES string of the molecule is CCCCCCOc1nccnc1[C@@H]1CN2CCC1CC2. The summed E-state index contributed by atoms with van der Waals surface area (Å²) in [4.78, 5) is 11.6. The molecule has 0 saturated carbocycles. The van der Waals surface area contributed by atoms with Crippen molar-refractivity contribution < 1.29 is 4.74 Å². The van der Waals surface area contributed by atoms with Crippen molar-refractivity contribution in [1.82, 2.24) is 14.9 Å². The third kappa shape index (κ3) is 3.54. The fraction of sp³-hybridized carbons (Fsp3) is 0.765. The molecule has 0 N–H and O–H groups in total. The number of aromatic nitrogens is 2. The van der Waals surface area contributed by atoms with E-state index in [0.29, 0.717) is 5.92 Å². The number of unbranched alkanes of at least 4 members (excludes halogenated alkanes) is 3. The first-order chi connectivity index (χ1) is 10.4. The van der Waals surface area contributed by atoms with Crippen molar-refractivity contribution in [1.29, 1.82) is 0 Å². The first-order valence-corrected chi connectivity index (χ1v) is 8.54. The van der Waals surface area contributed by atoms with Gasteiger partial charge in [-0.25, -0.2) is 4.98 Å². The van der Waals surface area contributed by atoms with Gasteiger partial charge in [0.25, 0.3) is 0 Å². The van der Waals surface area contributed by atoms with Crippen LogP contribution in [-0.2, 0) is 0 Å². The molecule has 0 spiro atoms. The molecule has 116 valence electrons. The van der Waals surface area contributed by atoms with Crippen LogP contribution in [-0.4, -0.2) is 41.1 Å². The van der Waals surface area contributed by atoms with Gasteiger partial charge in [0.15, 0.2) is 0 Å². The number of ether oxygens (including phenoxy) is 1. The van der Waals surface area contributed by atoms with E-state index < -0.39 is 0 Å². The molecule has 2 bridgehead atoms. The van der Waals surface area contributed by atoms with Crippen molar-refractivity contribution in [2.75, 3.05) is 26.2 Å². The van der Waals surface area contributed by atoms with E-state index in [2.05, 4.69) is 21.8 Å². The Labute approximate surface area is 127 Å². The van der Waals surface area contributed by atoms with Crippen molar-refractivity contribution in [2.24, 2.45) is 5.92 Å². The molecule has 4 rings (SSSR count). The second-order valence-electron chi connectivity index (χ2n) is 6.40. The molecule has 21 heavy (non-hydrogen) atoms. The number of rotatable bonds is 7.